The fourth-order valence-corrected chi connectivity index (χ4v) is 4.69. The molecule has 0 aromatic heterocycles. The number of sulfonamides is 1. The van der Waals surface area contributed by atoms with Crippen LogP contribution in [-0.4, -0.2) is 58.8 Å². The molecule has 1 N–H and O–H groups in total. The Morgan fingerprint density at radius 2 is 1.85 bits per heavy atom. The van der Waals surface area contributed by atoms with E-state index in [0.29, 0.717) is 42.7 Å². The fraction of sp³-hybridized carbons (Fsp3) is 0.684. The third kappa shape index (κ3) is 5.19. The van der Waals surface area contributed by atoms with Crippen LogP contribution in [-0.2, 0) is 14.8 Å². The lowest BCUT2D eigenvalue weighted by molar-refractivity contribution is 0.00776. The summed E-state index contributed by atoms with van der Waals surface area (Å²) >= 11 is 0. The van der Waals surface area contributed by atoms with Crippen molar-refractivity contribution in [1.29, 1.82) is 0 Å². The molecule has 1 unspecified atom stereocenters. The Balaban J connectivity index is 2.15. The van der Waals surface area contributed by atoms with Crippen LogP contribution in [0.1, 0.15) is 31.9 Å². The monoisotopic (exact) mass is 384 g/mol. The second kappa shape index (κ2) is 9.17. The summed E-state index contributed by atoms with van der Waals surface area (Å²) in [6, 6.07) is 3.65. The second-order valence-corrected chi connectivity index (χ2v) is 8.86. The smallest absolute Gasteiger partial charge is 0.240 e. The predicted molar refractivity (Wildman–Crippen MR) is 103 cm³/mol. The molecule has 1 aromatic carbocycles. The number of nitrogens with one attached hydrogen (secondary N) is 1. The largest absolute Gasteiger partial charge is 0.494 e. The Hall–Kier alpha value is -1.15. The van der Waals surface area contributed by atoms with E-state index in [9.17, 15) is 8.42 Å². The Labute approximate surface area is 157 Å². The van der Waals surface area contributed by atoms with E-state index < -0.39 is 10.0 Å². The van der Waals surface area contributed by atoms with Crippen LogP contribution in [0, 0.1) is 19.8 Å². The van der Waals surface area contributed by atoms with E-state index in [1.165, 1.54) is 0 Å². The van der Waals surface area contributed by atoms with Gasteiger partial charge in [0.1, 0.15) is 5.75 Å². The molecule has 0 saturated carbocycles. The van der Waals surface area contributed by atoms with Crippen molar-refractivity contribution in [2.24, 2.45) is 5.92 Å². The van der Waals surface area contributed by atoms with Gasteiger partial charge in [-0.05, 0) is 49.9 Å². The van der Waals surface area contributed by atoms with Crippen LogP contribution in [0.5, 0.6) is 5.75 Å². The van der Waals surface area contributed by atoms with Crippen molar-refractivity contribution < 1.29 is 17.9 Å². The number of hydrogen-bond donors (Lipinski definition) is 1. The van der Waals surface area contributed by atoms with Crippen LogP contribution in [0.15, 0.2) is 17.0 Å². The first kappa shape index (κ1) is 21.2. The highest BCUT2D eigenvalue weighted by Gasteiger charge is 2.26. The minimum Gasteiger partial charge on any atom is -0.494 e. The summed E-state index contributed by atoms with van der Waals surface area (Å²) in [6.45, 7) is 13.9. The quantitative estimate of drug-likeness (QED) is 0.745. The summed E-state index contributed by atoms with van der Waals surface area (Å²) in [5.41, 5.74) is 1.52. The summed E-state index contributed by atoms with van der Waals surface area (Å²) in [7, 11) is -3.58. The van der Waals surface area contributed by atoms with Crippen LogP contribution >= 0.6 is 0 Å². The average Bonchev–Trinajstić information content (AvgIpc) is 2.58. The lowest BCUT2D eigenvalue weighted by atomic mass is 10.0. The van der Waals surface area contributed by atoms with Crippen molar-refractivity contribution in [3.05, 3.63) is 23.3 Å². The number of morpholine rings is 1. The molecular formula is C19H32N2O4S. The standard InChI is InChI=1S/C19H32N2O4S/c1-6-25-18-11-16(5)19(12-15(18)4)26(22,23)20-13-17(14(2)3)21-7-9-24-10-8-21/h11-12,14,17,20H,6-10,13H2,1-5H3. The Morgan fingerprint density at radius 1 is 1.19 bits per heavy atom. The highest BCUT2D eigenvalue weighted by atomic mass is 32.2. The van der Waals surface area contributed by atoms with E-state index in [2.05, 4.69) is 23.5 Å². The molecule has 1 heterocycles. The molecule has 1 saturated heterocycles. The van der Waals surface area contributed by atoms with E-state index in [0.717, 1.165) is 24.4 Å². The lowest BCUT2D eigenvalue weighted by Gasteiger charge is -2.36. The van der Waals surface area contributed by atoms with Crippen molar-refractivity contribution in [2.45, 2.75) is 45.6 Å². The second-order valence-electron chi connectivity index (χ2n) is 7.13. The van der Waals surface area contributed by atoms with Crippen molar-refractivity contribution in [3.63, 3.8) is 0 Å². The van der Waals surface area contributed by atoms with E-state index >= 15 is 0 Å². The number of hydrogen-bond acceptors (Lipinski definition) is 5. The van der Waals surface area contributed by atoms with Crippen molar-refractivity contribution in [2.75, 3.05) is 39.5 Å². The summed E-state index contributed by atoms with van der Waals surface area (Å²) in [4.78, 5) is 2.63. The van der Waals surface area contributed by atoms with Crippen molar-refractivity contribution >= 4 is 10.0 Å². The number of ether oxygens (including phenoxy) is 2. The molecule has 1 aromatic rings. The van der Waals surface area contributed by atoms with Crippen molar-refractivity contribution in [3.8, 4) is 5.75 Å². The molecule has 1 fully saturated rings. The van der Waals surface area contributed by atoms with Gasteiger partial charge in [-0.15, -0.1) is 0 Å². The van der Waals surface area contributed by atoms with Crippen LogP contribution in [0.25, 0.3) is 0 Å². The highest BCUT2D eigenvalue weighted by molar-refractivity contribution is 7.89. The topological polar surface area (TPSA) is 67.9 Å². The average molecular weight is 385 g/mol. The van der Waals surface area contributed by atoms with Gasteiger partial charge >= 0.3 is 0 Å². The van der Waals surface area contributed by atoms with Gasteiger partial charge < -0.3 is 9.47 Å². The van der Waals surface area contributed by atoms with Gasteiger partial charge in [0.25, 0.3) is 0 Å². The number of benzene rings is 1. The minimum atomic E-state index is -3.58. The molecule has 1 aliphatic heterocycles. The maximum absolute atomic E-state index is 12.9. The normalized spacial score (nSPS) is 17.5. The van der Waals surface area contributed by atoms with Gasteiger partial charge in [0.15, 0.2) is 0 Å². The first-order chi connectivity index (χ1) is 12.3. The highest BCUT2D eigenvalue weighted by Crippen LogP contribution is 2.26. The minimum absolute atomic E-state index is 0.151. The summed E-state index contributed by atoms with van der Waals surface area (Å²) in [6.07, 6.45) is 0. The van der Waals surface area contributed by atoms with E-state index in [1.807, 2.05) is 13.8 Å². The summed E-state index contributed by atoms with van der Waals surface area (Å²) < 4.78 is 39.6. The van der Waals surface area contributed by atoms with Crippen molar-refractivity contribution in [1.82, 2.24) is 9.62 Å². The van der Waals surface area contributed by atoms with Gasteiger partial charge in [-0.1, -0.05) is 13.8 Å². The van der Waals surface area contributed by atoms with E-state index in [4.69, 9.17) is 9.47 Å². The molecule has 0 radical (unpaired) electrons. The zero-order valence-corrected chi connectivity index (χ0v) is 17.4. The molecular weight excluding hydrogens is 352 g/mol. The first-order valence-corrected chi connectivity index (χ1v) is 10.8. The summed E-state index contributed by atoms with van der Waals surface area (Å²) in [5, 5.41) is 0. The van der Waals surface area contributed by atoms with Gasteiger partial charge in [0.05, 0.1) is 24.7 Å². The maximum Gasteiger partial charge on any atom is 0.240 e. The van der Waals surface area contributed by atoms with Gasteiger partial charge in [-0.2, -0.15) is 0 Å². The Bertz CT molecular complexity index is 698. The molecule has 1 atom stereocenters. The molecule has 148 valence electrons. The van der Waals surface area contributed by atoms with Gasteiger partial charge in [0, 0.05) is 25.7 Å². The number of rotatable bonds is 8. The molecule has 7 heteroatoms. The van der Waals surface area contributed by atoms with Crippen LogP contribution in [0.2, 0.25) is 0 Å². The van der Waals surface area contributed by atoms with Crippen LogP contribution in [0.3, 0.4) is 0 Å². The molecule has 26 heavy (non-hydrogen) atoms. The van der Waals surface area contributed by atoms with E-state index in [1.54, 1.807) is 19.1 Å². The maximum atomic E-state index is 12.9. The molecule has 0 spiro atoms. The van der Waals surface area contributed by atoms with E-state index in [-0.39, 0.29) is 6.04 Å². The number of aryl methyl sites for hydroxylation is 2. The van der Waals surface area contributed by atoms with Crippen LogP contribution < -0.4 is 9.46 Å². The molecule has 1 aliphatic rings. The molecule has 0 aliphatic carbocycles. The van der Waals surface area contributed by atoms with Crippen LogP contribution in [0.4, 0.5) is 0 Å². The fourth-order valence-electron chi connectivity index (χ4n) is 3.33. The zero-order chi connectivity index (χ0) is 19.3. The molecule has 6 nitrogen and oxygen atoms in total. The number of nitrogens with zero attached hydrogens (tertiary/aromatic N) is 1. The molecule has 0 amide bonds. The SMILES string of the molecule is CCOc1cc(C)c(S(=O)(=O)NCC(C(C)C)N2CCOCC2)cc1C. The molecule has 0 bridgehead atoms. The summed E-state index contributed by atoms with van der Waals surface area (Å²) in [5.74, 6) is 1.08. The third-order valence-corrected chi connectivity index (χ3v) is 6.39. The lowest BCUT2D eigenvalue weighted by Crippen LogP contribution is -2.51. The zero-order valence-electron chi connectivity index (χ0n) is 16.5. The van der Waals surface area contributed by atoms with Gasteiger partial charge in [0.2, 0.25) is 10.0 Å². The molecule has 2 rings (SSSR count). The van der Waals surface area contributed by atoms with Gasteiger partial charge in [-0.25, -0.2) is 13.1 Å². The third-order valence-electron chi connectivity index (χ3n) is 4.83. The Kier molecular flexibility index (Phi) is 7.46. The Morgan fingerprint density at radius 3 is 2.42 bits per heavy atom. The predicted octanol–water partition coefficient (Wildman–Crippen LogP) is 2.34. The first-order valence-electron chi connectivity index (χ1n) is 9.31. The van der Waals surface area contributed by atoms with Gasteiger partial charge in [-0.3, -0.25) is 4.90 Å².